The Balaban J connectivity index is 1.41. The van der Waals surface area contributed by atoms with Gasteiger partial charge >= 0.3 is 12.1 Å². The number of benzene rings is 2. The summed E-state index contributed by atoms with van der Waals surface area (Å²) in [7, 11) is 1.39. The van der Waals surface area contributed by atoms with E-state index >= 15 is 0 Å². The van der Waals surface area contributed by atoms with Crippen molar-refractivity contribution in [3.8, 4) is 11.1 Å². The average molecular weight is 469 g/mol. The molecular formula is C25H28N2O7. The van der Waals surface area contributed by atoms with Gasteiger partial charge in [-0.2, -0.15) is 0 Å². The number of ether oxygens (including phenoxy) is 3. The van der Waals surface area contributed by atoms with Crippen molar-refractivity contribution in [2.24, 2.45) is 0 Å². The summed E-state index contributed by atoms with van der Waals surface area (Å²) in [4.78, 5) is 37.3. The first-order valence-electron chi connectivity index (χ1n) is 11.2. The van der Waals surface area contributed by atoms with Gasteiger partial charge < -0.3 is 30.0 Å². The first kappa shape index (κ1) is 23.7. The van der Waals surface area contributed by atoms with E-state index in [9.17, 15) is 19.5 Å². The van der Waals surface area contributed by atoms with E-state index in [4.69, 9.17) is 14.2 Å². The fourth-order valence-corrected chi connectivity index (χ4v) is 4.57. The van der Waals surface area contributed by atoms with Crippen molar-refractivity contribution < 1.29 is 33.7 Å². The predicted molar refractivity (Wildman–Crippen MR) is 122 cm³/mol. The standard InChI is InChI=1S/C25H28N2O7/c1-32-15-21(22(28)27-25(23(29)30)10-12-33-13-11-25)26-24(31)34-14-20-18-8-4-2-6-16(18)17-7-3-5-9-19(17)20/h2-9,20-21H,10-15H2,1H3,(H,26,31)(H,27,28)(H,29,30). The number of carbonyl (C=O) groups excluding carboxylic acids is 2. The van der Waals surface area contributed by atoms with Gasteiger partial charge in [0.05, 0.1) is 6.61 Å². The fourth-order valence-electron chi connectivity index (χ4n) is 4.57. The molecular weight excluding hydrogens is 440 g/mol. The topological polar surface area (TPSA) is 123 Å². The minimum Gasteiger partial charge on any atom is -0.480 e. The highest BCUT2D eigenvalue weighted by molar-refractivity contribution is 5.91. The lowest BCUT2D eigenvalue weighted by Crippen LogP contribution is -2.62. The maximum absolute atomic E-state index is 12.9. The molecule has 34 heavy (non-hydrogen) atoms. The van der Waals surface area contributed by atoms with Crippen molar-refractivity contribution >= 4 is 18.0 Å². The Morgan fingerprint density at radius 2 is 1.65 bits per heavy atom. The van der Waals surface area contributed by atoms with Gasteiger partial charge in [-0.15, -0.1) is 0 Å². The number of methoxy groups -OCH3 is 1. The minimum atomic E-state index is -1.44. The highest BCUT2D eigenvalue weighted by Gasteiger charge is 2.43. The third-order valence-corrected chi connectivity index (χ3v) is 6.40. The van der Waals surface area contributed by atoms with Crippen LogP contribution in [0.25, 0.3) is 11.1 Å². The lowest BCUT2D eigenvalue weighted by Gasteiger charge is -2.35. The summed E-state index contributed by atoms with van der Waals surface area (Å²) in [6.45, 7) is 0.405. The van der Waals surface area contributed by atoms with E-state index in [-0.39, 0.29) is 45.2 Å². The van der Waals surface area contributed by atoms with E-state index < -0.39 is 29.6 Å². The molecule has 9 nitrogen and oxygen atoms in total. The molecule has 0 bridgehead atoms. The monoisotopic (exact) mass is 468 g/mol. The molecule has 0 spiro atoms. The molecule has 1 heterocycles. The van der Waals surface area contributed by atoms with Crippen molar-refractivity contribution in [2.75, 3.05) is 33.5 Å². The zero-order valence-corrected chi connectivity index (χ0v) is 18.9. The molecule has 1 atom stereocenters. The van der Waals surface area contributed by atoms with E-state index in [1.807, 2.05) is 48.5 Å². The van der Waals surface area contributed by atoms with E-state index in [1.54, 1.807) is 0 Å². The maximum atomic E-state index is 12.9. The number of rotatable bonds is 8. The Hall–Kier alpha value is -3.43. The largest absolute Gasteiger partial charge is 0.480 e. The van der Waals surface area contributed by atoms with Crippen LogP contribution in [0.2, 0.25) is 0 Å². The van der Waals surface area contributed by atoms with Crippen molar-refractivity contribution in [3.63, 3.8) is 0 Å². The predicted octanol–water partition coefficient (Wildman–Crippen LogP) is 2.29. The maximum Gasteiger partial charge on any atom is 0.407 e. The normalized spacial score (nSPS) is 17.2. The minimum absolute atomic E-state index is 0.0948. The van der Waals surface area contributed by atoms with Gasteiger partial charge in [0.25, 0.3) is 0 Å². The van der Waals surface area contributed by atoms with E-state index in [1.165, 1.54) is 7.11 Å². The second kappa shape index (κ2) is 10.2. The number of hydrogen-bond acceptors (Lipinski definition) is 6. The third kappa shape index (κ3) is 4.76. The lowest BCUT2D eigenvalue weighted by molar-refractivity contribution is -0.152. The zero-order chi connectivity index (χ0) is 24.1. The highest BCUT2D eigenvalue weighted by atomic mass is 16.5. The molecule has 0 radical (unpaired) electrons. The number of aliphatic carboxylic acids is 1. The number of carboxylic acid groups (broad SMARTS) is 1. The Kier molecular flexibility index (Phi) is 7.14. The van der Waals surface area contributed by atoms with Crippen LogP contribution in [0.15, 0.2) is 48.5 Å². The third-order valence-electron chi connectivity index (χ3n) is 6.40. The summed E-state index contributed by atoms with van der Waals surface area (Å²) in [5.74, 6) is -1.91. The van der Waals surface area contributed by atoms with Crippen molar-refractivity contribution in [1.82, 2.24) is 10.6 Å². The highest BCUT2D eigenvalue weighted by Crippen LogP contribution is 2.44. The van der Waals surface area contributed by atoms with Crippen molar-refractivity contribution in [3.05, 3.63) is 59.7 Å². The van der Waals surface area contributed by atoms with Crippen LogP contribution in [0, 0.1) is 0 Å². The molecule has 9 heteroatoms. The van der Waals surface area contributed by atoms with Gasteiger partial charge in [-0.05, 0) is 22.3 Å². The summed E-state index contributed by atoms with van der Waals surface area (Å²) in [6, 6.07) is 14.9. The Labute approximate surface area is 197 Å². The molecule has 1 aliphatic heterocycles. The number of carbonyl (C=O) groups is 3. The van der Waals surface area contributed by atoms with Gasteiger partial charge in [-0.1, -0.05) is 48.5 Å². The van der Waals surface area contributed by atoms with Crippen LogP contribution >= 0.6 is 0 Å². The molecule has 1 saturated heterocycles. The molecule has 2 aliphatic rings. The fraction of sp³-hybridized carbons (Fsp3) is 0.400. The number of alkyl carbamates (subject to hydrolysis) is 1. The lowest BCUT2D eigenvalue weighted by atomic mass is 9.89. The summed E-state index contributed by atoms with van der Waals surface area (Å²) < 4.78 is 15.8. The molecule has 2 aromatic rings. The Morgan fingerprint density at radius 1 is 1.06 bits per heavy atom. The second-order valence-corrected chi connectivity index (χ2v) is 8.47. The molecule has 2 amide bonds. The summed E-state index contributed by atoms with van der Waals surface area (Å²) in [6.07, 6.45) is -0.507. The van der Waals surface area contributed by atoms with E-state index in [0.29, 0.717) is 0 Å². The summed E-state index contributed by atoms with van der Waals surface area (Å²) in [5.41, 5.74) is 2.93. The number of hydrogen-bond donors (Lipinski definition) is 3. The molecule has 0 saturated carbocycles. The SMILES string of the molecule is COCC(NC(=O)OCC1c2ccccc2-c2ccccc21)C(=O)NC1(C(=O)O)CCOCC1. The van der Waals surface area contributed by atoms with Crippen molar-refractivity contribution in [2.45, 2.75) is 30.3 Å². The van der Waals surface area contributed by atoms with Crippen LogP contribution in [-0.4, -0.2) is 68.2 Å². The van der Waals surface area contributed by atoms with Gasteiger partial charge in [0.2, 0.25) is 5.91 Å². The number of nitrogens with one attached hydrogen (secondary N) is 2. The Morgan fingerprint density at radius 3 is 2.21 bits per heavy atom. The summed E-state index contributed by atoms with van der Waals surface area (Å²) in [5, 5.41) is 14.8. The molecule has 0 aromatic heterocycles. The second-order valence-electron chi connectivity index (χ2n) is 8.47. The molecule has 180 valence electrons. The molecule has 1 unspecified atom stereocenters. The quantitative estimate of drug-likeness (QED) is 0.543. The van der Waals surface area contributed by atoms with E-state index in [2.05, 4.69) is 10.6 Å². The van der Waals surface area contributed by atoms with Gasteiger partial charge in [-0.3, -0.25) is 4.79 Å². The molecule has 1 aliphatic carbocycles. The van der Waals surface area contributed by atoms with Crippen molar-refractivity contribution in [1.29, 1.82) is 0 Å². The van der Waals surface area contributed by atoms with Crippen LogP contribution in [0.3, 0.4) is 0 Å². The first-order chi connectivity index (χ1) is 16.4. The summed E-state index contributed by atoms with van der Waals surface area (Å²) >= 11 is 0. The van der Waals surface area contributed by atoms with Crippen LogP contribution in [0.5, 0.6) is 0 Å². The van der Waals surface area contributed by atoms with Crippen LogP contribution in [0.1, 0.15) is 29.9 Å². The van der Waals surface area contributed by atoms with Gasteiger partial charge in [0.1, 0.15) is 18.2 Å². The first-order valence-corrected chi connectivity index (χ1v) is 11.2. The van der Waals surface area contributed by atoms with Gasteiger partial charge in [-0.25, -0.2) is 9.59 Å². The number of amides is 2. The van der Waals surface area contributed by atoms with E-state index in [0.717, 1.165) is 22.3 Å². The molecule has 4 rings (SSSR count). The van der Waals surface area contributed by atoms with Crippen LogP contribution in [-0.2, 0) is 23.8 Å². The van der Waals surface area contributed by atoms with Gasteiger partial charge in [0, 0.05) is 39.1 Å². The zero-order valence-electron chi connectivity index (χ0n) is 18.9. The number of carboxylic acids is 1. The molecule has 1 fully saturated rings. The van der Waals surface area contributed by atoms with Crippen LogP contribution < -0.4 is 10.6 Å². The van der Waals surface area contributed by atoms with Crippen LogP contribution in [0.4, 0.5) is 4.79 Å². The Bertz CT molecular complexity index is 1020. The number of fused-ring (bicyclic) bond motifs is 3. The molecule has 2 aromatic carbocycles. The smallest absolute Gasteiger partial charge is 0.407 e. The average Bonchev–Trinajstić information content (AvgIpc) is 3.16. The van der Waals surface area contributed by atoms with Gasteiger partial charge in [0.15, 0.2) is 0 Å². The molecule has 3 N–H and O–H groups in total.